The summed E-state index contributed by atoms with van der Waals surface area (Å²) in [5.74, 6) is 0.861. The number of rotatable bonds is 5. The number of ether oxygens (including phenoxy) is 2. The topological polar surface area (TPSA) is 66.3 Å². The van der Waals surface area contributed by atoms with Crippen molar-refractivity contribution in [3.05, 3.63) is 40.1 Å². The molecule has 3 rings (SSSR count). The van der Waals surface area contributed by atoms with Crippen LogP contribution in [0.1, 0.15) is 11.1 Å². The van der Waals surface area contributed by atoms with Gasteiger partial charge < -0.3 is 19.5 Å². The highest BCUT2D eigenvalue weighted by molar-refractivity contribution is 6.31. The zero-order valence-corrected chi connectivity index (χ0v) is 13.0. The number of nitrogens with one attached hydrogen (secondary N) is 1. The number of allylic oxidation sites excluding steroid dienone is 1. The van der Waals surface area contributed by atoms with Gasteiger partial charge in [-0.05, 0) is 11.6 Å². The maximum Gasteiger partial charge on any atom is 0.178 e. The smallest absolute Gasteiger partial charge is 0.178 e. The quantitative estimate of drug-likeness (QED) is 0.802. The van der Waals surface area contributed by atoms with Crippen molar-refractivity contribution in [2.24, 2.45) is 5.10 Å². The summed E-state index contributed by atoms with van der Waals surface area (Å²) in [7, 11) is 1.65. The molecule has 0 radical (unpaired) electrons. The third-order valence-corrected chi connectivity index (χ3v) is 4.09. The van der Waals surface area contributed by atoms with Crippen LogP contribution >= 0.6 is 11.6 Å². The van der Waals surface area contributed by atoms with Gasteiger partial charge in [0, 0.05) is 25.8 Å². The molecule has 2 N–H and O–H groups in total. The molecule has 2 heterocycles. The molecule has 0 fully saturated rings. The third kappa shape index (κ3) is 2.90. The maximum atomic E-state index is 9.74. The van der Waals surface area contributed by atoms with Crippen molar-refractivity contribution in [2.75, 3.05) is 20.3 Å². The Morgan fingerprint density at radius 3 is 3.09 bits per heavy atom. The second-order valence-corrected chi connectivity index (χ2v) is 5.52. The Balaban J connectivity index is 1.79. The van der Waals surface area contributed by atoms with Crippen LogP contribution in [0.3, 0.4) is 0 Å². The summed E-state index contributed by atoms with van der Waals surface area (Å²) in [6, 6.07) is 6.01. The first-order chi connectivity index (χ1) is 10.7. The van der Waals surface area contributed by atoms with Crippen LogP contribution in [0.4, 0.5) is 0 Å². The van der Waals surface area contributed by atoms with Gasteiger partial charge >= 0.3 is 0 Å². The third-order valence-electron chi connectivity index (χ3n) is 3.69. The lowest BCUT2D eigenvalue weighted by Crippen LogP contribution is -2.33. The minimum atomic E-state index is -0.956. The van der Waals surface area contributed by atoms with Gasteiger partial charge in [-0.25, -0.2) is 0 Å². The fourth-order valence-electron chi connectivity index (χ4n) is 2.59. The van der Waals surface area contributed by atoms with Crippen LogP contribution in [-0.2, 0) is 17.8 Å². The Bertz CT molecular complexity index is 618. The Morgan fingerprint density at radius 2 is 2.27 bits per heavy atom. The average Bonchev–Trinajstić information content (AvgIpc) is 2.95. The first-order valence-electron chi connectivity index (χ1n) is 7.04. The monoisotopic (exact) mass is 323 g/mol. The number of hydrogen-bond donors (Lipinski definition) is 2. The van der Waals surface area contributed by atoms with Crippen LogP contribution in [-0.4, -0.2) is 42.8 Å². The number of fused-ring (bicyclic) bond motifs is 1. The van der Waals surface area contributed by atoms with E-state index in [1.54, 1.807) is 13.3 Å². The molecular formula is C15H18ClN3O3. The van der Waals surface area contributed by atoms with E-state index in [1.807, 2.05) is 12.1 Å². The van der Waals surface area contributed by atoms with Gasteiger partial charge in [0.2, 0.25) is 0 Å². The van der Waals surface area contributed by atoms with Crippen LogP contribution in [0.2, 0.25) is 0 Å². The molecule has 0 bridgehead atoms. The fourth-order valence-corrected chi connectivity index (χ4v) is 2.81. The molecule has 0 aromatic heterocycles. The molecule has 0 spiro atoms. The van der Waals surface area contributed by atoms with E-state index in [2.05, 4.69) is 21.5 Å². The van der Waals surface area contributed by atoms with Gasteiger partial charge in [0.05, 0.1) is 23.6 Å². The van der Waals surface area contributed by atoms with E-state index < -0.39 is 6.23 Å². The van der Waals surface area contributed by atoms with Gasteiger partial charge in [0.15, 0.2) is 6.23 Å². The van der Waals surface area contributed by atoms with E-state index >= 15 is 0 Å². The Kier molecular flexibility index (Phi) is 4.52. The van der Waals surface area contributed by atoms with Crippen LogP contribution < -0.4 is 10.2 Å². The first kappa shape index (κ1) is 15.1. The van der Waals surface area contributed by atoms with Crippen LogP contribution in [0, 0.1) is 0 Å². The van der Waals surface area contributed by atoms with Crippen LogP contribution in [0.5, 0.6) is 5.75 Å². The van der Waals surface area contributed by atoms with Gasteiger partial charge in [0.1, 0.15) is 12.4 Å². The molecule has 22 heavy (non-hydrogen) atoms. The average molecular weight is 324 g/mol. The van der Waals surface area contributed by atoms with Gasteiger partial charge in [-0.2, -0.15) is 5.10 Å². The van der Waals surface area contributed by atoms with Crippen molar-refractivity contribution in [3.63, 3.8) is 0 Å². The molecule has 1 atom stereocenters. The van der Waals surface area contributed by atoms with E-state index in [-0.39, 0.29) is 0 Å². The maximum absolute atomic E-state index is 9.74. The zero-order chi connectivity index (χ0) is 15.5. The minimum Gasteiger partial charge on any atom is -0.491 e. The molecule has 0 aliphatic carbocycles. The molecule has 1 aromatic carbocycles. The molecule has 118 valence electrons. The molecular weight excluding hydrogens is 306 g/mol. The first-order valence-corrected chi connectivity index (χ1v) is 7.42. The second kappa shape index (κ2) is 6.56. The molecule has 6 nitrogen and oxygen atoms in total. The summed E-state index contributed by atoms with van der Waals surface area (Å²) in [4.78, 5) is 2.07. The normalized spacial score (nSPS) is 20.1. The summed E-state index contributed by atoms with van der Waals surface area (Å²) in [5, 5.41) is 14.0. The van der Waals surface area contributed by atoms with Crippen molar-refractivity contribution in [3.8, 4) is 5.75 Å². The second-order valence-electron chi connectivity index (χ2n) is 5.11. The number of hydrogen-bond acceptors (Lipinski definition) is 6. The summed E-state index contributed by atoms with van der Waals surface area (Å²) >= 11 is 6.18. The highest BCUT2D eigenvalue weighted by Gasteiger charge is 2.27. The van der Waals surface area contributed by atoms with Gasteiger partial charge in [0.25, 0.3) is 0 Å². The molecule has 2 aliphatic rings. The van der Waals surface area contributed by atoms with E-state index in [0.29, 0.717) is 31.3 Å². The molecule has 2 aliphatic heterocycles. The number of aliphatic hydroxyl groups excluding tert-OH is 1. The standard InChI is InChI=1S/C15H18ClN3O3/c1-21-5-6-22-13-4-2-3-10-8-19(9-11(10)13)12-7-17-18-15(20)14(12)16/h2-4,7,15,18,20H,5-6,8-9H2,1H3. The SMILES string of the molecule is COCCOc1cccc2c1CN(C1=C(Cl)C(O)NN=C1)C2. The van der Waals surface area contributed by atoms with Gasteiger partial charge in [-0.15, -0.1) is 0 Å². The summed E-state index contributed by atoms with van der Waals surface area (Å²) in [6.45, 7) is 2.44. The van der Waals surface area contributed by atoms with Crippen molar-refractivity contribution in [1.82, 2.24) is 10.3 Å². The summed E-state index contributed by atoms with van der Waals surface area (Å²) in [5.41, 5.74) is 5.58. The lowest BCUT2D eigenvalue weighted by atomic mass is 10.1. The lowest BCUT2D eigenvalue weighted by Gasteiger charge is -2.25. The number of hydrazone groups is 1. The van der Waals surface area contributed by atoms with Gasteiger partial charge in [-0.3, -0.25) is 5.43 Å². The number of halogens is 1. The Morgan fingerprint density at radius 1 is 1.41 bits per heavy atom. The lowest BCUT2D eigenvalue weighted by molar-refractivity contribution is 0.145. The number of benzene rings is 1. The van der Waals surface area contributed by atoms with E-state index in [0.717, 1.165) is 17.0 Å². The fraction of sp³-hybridized carbons (Fsp3) is 0.400. The van der Waals surface area contributed by atoms with Crippen molar-refractivity contribution in [1.29, 1.82) is 0 Å². The number of methoxy groups -OCH3 is 1. The Labute approximate surface area is 134 Å². The highest BCUT2D eigenvalue weighted by atomic mass is 35.5. The van der Waals surface area contributed by atoms with Gasteiger partial charge in [-0.1, -0.05) is 23.7 Å². The summed E-state index contributed by atoms with van der Waals surface area (Å²) < 4.78 is 10.8. The largest absolute Gasteiger partial charge is 0.491 e. The van der Waals surface area contributed by atoms with Crippen LogP contribution in [0.25, 0.3) is 0 Å². The zero-order valence-electron chi connectivity index (χ0n) is 12.3. The molecule has 0 saturated carbocycles. The van der Waals surface area contributed by atoms with E-state index in [4.69, 9.17) is 21.1 Å². The predicted molar refractivity (Wildman–Crippen MR) is 83.6 cm³/mol. The predicted octanol–water partition coefficient (Wildman–Crippen LogP) is 1.39. The Hall–Kier alpha value is -1.76. The summed E-state index contributed by atoms with van der Waals surface area (Å²) in [6.07, 6.45) is 0.676. The van der Waals surface area contributed by atoms with E-state index in [9.17, 15) is 5.11 Å². The molecule has 0 amide bonds. The highest BCUT2D eigenvalue weighted by Crippen LogP contribution is 2.34. The molecule has 1 aromatic rings. The molecule has 7 heteroatoms. The minimum absolute atomic E-state index is 0.352. The van der Waals surface area contributed by atoms with E-state index in [1.165, 1.54) is 5.56 Å². The van der Waals surface area contributed by atoms with Crippen molar-refractivity contribution < 1.29 is 14.6 Å². The number of nitrogens with zero attached hydrogens (tertiary/aromatic N) is 2. The number of aliphatic hydroxyl groups is 1. The van der Waals surface area contributed by atoms with Crippen molar-refractivity contribution in [2.45, 2.75) is 19.3 Å². The van der Waals surface area contributed by atoms with Crippen molar-refractivity contribution >= 4 is 17.8 Å². The van der Waals surface area contributed by atoms with Crippen LogP contribution in [0.15, 0.2) is 34.0 Å². The molecule has 1 unspecified atom stereocenters. The molecule has 0 saturated heterocycles.